The molecule has 0 aliphatic carbocycles. The summed E-state index contributed by atoms with van der Waals surface area (Å²) in [7, 11) is 1.99. The van der Waals surface area contributed by atoms with Crippen LogP contribution in [0.4, 0.5) is 5.69 Å². The van der Waals surface area contributed by atoms with E-state index in [1.165, 1.54) is 0 Å². The highest BCUT2D eigenvalue weighted by atomic mass is 79.9. The first-order chi connectivity index (χ1) is 8.03. The van der Waals surface area contributed by atoms with Gasteiger partial charge in [-0.15, -0.1) is 0 Å². The van der Waals surface area contributed by atoms with Crippen LogP contribution in [0.15, 0.2) is 28.7 Å². The van der Waals surface area contributed by atoms with Gasteiger partial charge < -0.3 is 16.0 Å². The van der Waals surface area contributed by atoms with Crippen LogP contribution in [0.25, 0.3) is 0 Å². The van der Waals surface area contributed by atoms with Crippen molar-refractivity contribution in [1.29, 1.82) is 0 Å². The van der Waals surface area contributed by atoms with Gasteiger partial charge in [0.15, 0.2) is 0 Å². The molecule has 1 aliphatic rings. The molecule has 0 bridgehead atoms. The average molecular weight is 298 g/mol. The quantitative estimate of drug-likeness (QED) is 0.887. The van der Waals surface area contributed by atoms with Crippen molar-refractivity contribution in [3.63, 3.8) is 0 Å². The van der Waals surface area contributed by atoms with Gasteiger partial charge in [0.1, 0.15) is 5.54 Å². The zero-order valence-corrected chi connectivity index (χ0v) is 11.3. The molecule has 92 valence electrons. The Kier molecular flexibility index (Phi) is 3.40. The predicted molar refractivity (Wildman–Crippen MR) is 71.8 cm³/mol. The van der Waals surface area contributed by atoms with Crippen molar-refractivity contribution < 1.29 is 4.79 Å². The van der Waals surface area contributed by atoms with Gasteiger partial charge in [-0.1, -0.05) is 12.1 Å². The lowest BCUT2D eigenvalue weighted by Crippen LogP contribution is -2.52. The molecule has 3 N–H and O–H groups in total. The summed E-state index contributed by atoms with van der Waals surface area (Å²) in [5, 5.41) is 3.29. The summed E-state index contributed by atoms with van der Waals surface area (Å²) < 4.78 is 0.940. The Hall–Kier alpha value is -1.07. The fourth-order valence-electron chi connectivity index (χ4n) is 2.19. The summed E-state index contributed by atoms with van der Waals surface area (Å²) in [5.74, 6) is -0.294. The van der Waals surface area contributed by atoms with Crippen LogP contribution in [-0.4, -0.2) is 36.5 Å². The zero-order chi connectivity index (χ0) is 12.5. The van der Waals surface area contributed by atoms with Gasteiger partial charge in [-0.05, 0) is 41.5 Å². The molecular weight excluding hydrogens is 282 g/mol. The number of likely N-dealkylation sites (N-methyl/N-ethyl adjacent to an activating group) is 1. The van der Waals surface area contributed by atoms with E-state index in [0.717, 1.165) is 23.1 Å². The number of hydrogen-bond donors (Lipinski definition) is 2. The number of nitrogens with one attached hydrogen (secondary N) is 1. The zero-order valence-electron chi connectivity index (χ0n) is 9.74. The third-order valence-electron chi connectivity index (χ3n) is 3.18. The van der Waals surface area contributed by atoms with Gasteiger partial charge in [-0.3, -0.25) is 4.79 Å². The van der Waals surface area contributed by atoms with Gasteiger partial charge in [-0.25, -0.2) is 0 Å². The van der Waals surface area contributed by atoms with Crippen molar-refractivity contribution >= 4 is 27.5 Å². The molecule has 1 amide bonds. The molecular formula is C12H16BrN3O. The van der Waals surface area contributed by atoms with E-state index < -0.39 is 5.54 Å². The van der Waals surface area contributed by atoms with Crippen molar-refractivity contribution in [3.8, 4) is 0 Å². The summed E-state index contributed by atoms with van der Waals surface area (Å²) in [5.41, 5.74) is 5.80. The molecule has 17 heavy (non-hydrogen) atoms. The Bertz CT molecular complexity index is 438. The maximum absolute atomic E-state index is 11.7. The number of anilines is 1. The van der Waals surface area contributed by atoms with E-state index in [1.807, 2.05) is 31.3 Å². The predicted octanol–water partition coefficient (Wildman–Crippen LogP) is 1.42. The molecule has 1 fully saturated rings. The fraction of sp³-hybridized carbons (Fsp3) is 0.417. The van der Waals surface area contributed by atoms with Gasteiger partial charge in [0.2, 0.25) is 5.91 Å². The minimum absolute atomic E-state index is 0.294. The van der Waals surface area contributed by atoms with E-state index in [4.69, 9.17) is 5.73 Å². The SMILES string of the molecule is CN1CCC(Nc2ccccc2Br)(C(N)=O)C1. The summed E-state index contributed by atoms with van der Waals surface area (Å²) in [6, 6.07) is 7.75. The number of nitrogens with two attached hydrogens (primary N) is 1. The van der Waals surface area contributed by atoms with Gasteiger partial charge in [0.25, 0.3) is 0 Å². The minimum atomic E-state index is -0.654. The Morgan fingerprint density at radius 3 is 2.76 bits per heavy atom. The molecule has 1 unspecified atom stereocenters. The Morgan fingerprint density at radius 1 is 1.53 bits per heavy atom. The number of nitrogens with zero attached hydrogens (tertiary/aromatic N) is 1. The minimum Gasteiger partial charge on any atom is -0.369 e. The molecule has 1 aliphatic heterocycles. The van der Waals surface area contributed by atoms with Crippen molar-refractivity contribution in [1.82, 2.24) is 4.90 Å². The Labute approximate surface area is 109 Å². The highest BCUT2D eigenvalue weighted by Gasteiger charge is 2.42. The van der Waals surface area contributed by atoms with Gasteiger partial charge in [-0.2, -0.15) is 0 Å². The first kappa shape index (κ1) is 12.4. The molecule has 0 radical (unpaired) electrons. The third kappa shape index (κ3) is 2.45. The molecule has 0 aromatic heterocycles. The van der Waals surface area contributed by atoms with Crippen LogP contribution in [-0.2, 0) is 4.79 Å². The van der Waals surface area contributed by atoms with Gasteiger partial charge >= 0.3 is 0 Å². The second-order valence-electron chi connectivity index (χ2n) is 4.54. The second kappa shape index (κ2) is 4.66. The van der Waals surface area contributed by atoms with Crippen molar-refractivity contribution in [2.45, 2.75) is 12.0 Å². The largest absolute Gasteiger partial charge is 0.369 e. The number of carbonyl (C=O) groups excluding carboxylic acids is 1. The van der Waals surface area contributed by atoms with E-state index in [1.54, 1.807) is 0 Å². The number of halogens is 1. The lowest BCUT2D eigenvalue weighted by atomic mass is 9.97. The smallest absolute Gasteiger partial charge is 0.244 e. The highest BCUT2D eigenvalue weighted by Crippen LogP contribution is 2.29. The molecule has 0 saturated carbocycles. The number of hydrogen-bond acceptors (Lipinski definition) is 3. The third-order valence-corrected chi connectivity index (χ3v) is 3.87. The molecule has 1 saturated heterocycles. The molecule has 1 aromatic carbocycles. The second-order valence-corrected chi connectivity index (χ2v) is 5.39. The van der Waals surface area contributed by atoms with Crippen LogP contribution in [0, 0.1) is 0 Å². The van der Waals surface area contributed by atoms with E-state index in [-0.39, 0.29) is 5.91 Å². The molecule has 0 spiro atoms. The molecule has 5 heteroatoms. The number of amides is 1. The number of benzene rings is 1. The number of primary amides is 1. The van der Waals surface area contributed by atoms with Crippen LogP contribution in [0.1, 0.15) is 6.42 Å². The van der Waals surface area contributed by atoms with Crippen LogP contribution >= 0.6 is 15.9 Å². The highest BCUT2D eigenvalue weighted by molar-refractivity contribution is 9.10. The van der Waals surface area contributed by atoms with Crippen LogP contribution in [0.3, 0.4) is 0 Å². The number of rotatable bonds is 3. The average Bonchev–Trinajstić information content (AvgIpc) is 2.65. The summed E-state index contributed by atoms with van der Waals surface area (Å²) in [6.07, 6.45) is 0.736. The number of carbonyl (C=O) groups is 1. The number of likely N-dealkylation sites (tertiary alicyclic amines) is 1. The Morgan fingerprint density at radius 2 is 2.24 bits per heavy atom. The number of para-hydroxylation sites is 1. The van der Waals surface area contributed by atoms with Crippen molar-refractivity contribution in [3.05, 3.63) is 28.7 Å². The normalized spacial score (nSPS) is 24.8. The van der Waals surface area contributed by atoms with E-state index in [2.05, 4.69) is 26.1 Å². The first-order valence-electron chi connectivity index (χ1n) is 5.55. The lowest BCUT2D eigenvalue weighted by Gasteiger charge is -2.28. The standard InChI is InChI=1S/C12H16BrN3O/c1-16-7-6-12(8-16,11(14)17)15-10-5-3-2-4-9(10)13/h2-5,15H,6-8H2,1H3,(H2,14,17). The molecule has 1 heterocycles. The Balaban J connectivity index is 2.26. The lowest BCUT2D eigenvalue weighted by molar-refractivity contribution is -0.121. The molecule has 2 rings (SSSR count). The van der Waals surface area contributed by atoms with Crippen molar-refractivity contribution in [2.75, 3.05) is 25.5 Å². The topological polar surface area (TPSA) is 58.4 Å². The molecule has 4 nitrogen and oxygen atoms in total. The van der Waals surface area contributed by atoms with Crippen molar-refractivity contribution in [2.24, 2.45) is 5.73 Å². The monoisotopic (exact) mass is 297 g/mol. The van der Waals surface area contributed by atoms with E-state index in [0.29, 0.717) is 6.54 Å². The summed E-state index contributed by atoms with van der Waals surface area (Å²) >= 11 is 3.46. The maximum Gasteiger partial charge on any atom is 0.244 e. The maximum atomic E-state index is 11.7. The fourth-order valence-corrected chi connectivity index (χ4v) is 2.57. The van der Waals surface area contributed by atoms with Crippen LogP contribution in [0.2, 0.25) is 0 Å². The van der Waals surface area contributed by atoms with E-state index >= 15 is 0 Å². The van der Waals surface area contributed by atoms with Gasteiger partial charge in [0.05, 0.1) is 0 Å². The van der Waals surface area contributed by atoms with Gasteiger partial charge in [0, 0.05) is 23.2 Å². The summed E-state index contributed by atoms with van der Waals surface area (Å²) in [6.45, 7) is 1.52. The van der Waals surface area contributed by atoms with Crippen LogP contribution in [0.5, 0.6) is 0 Å². The first-order valence-corrected chi connectivity index (χ1v) is 6.34. The molecule has 1 atom stereocenters. The van der Waals surface area contributed by atoms with E-state index in [9.17, 15) is 4.79 Å². The summed E-state index contributed by atoms with van der Waals surface area (Å²) in [4.78, 5) is 13.8. The van der Waals surface area contributed by atoms with Crippen LogP contribution < -0.4 is 11.1 Å². The molecule has 1 aromatic rings.